The molecule has 0 heterocycles. The van der Waals surface area contributed by atoms with Gasteiger partial charge in [-0.05, 0) is 43.0 Å². The molecule has 0 aliphatic carbocycles. The molecule has 0 aliphatic rings. The van der Waals surface area contributed by atoms with E-state index in [4.69, 9.17) is 4.74 Å². The van der Waals surface area contributed by atoms with Crippen LogP contribution in [0.25, 0.3) is 0 Å². The maximum absolute atomic E-state index is 12.3. The Hall–Kier alpha value is -2.71. The zero-order chi connectivity index (χ0) is 21.4. The van der Waals surface area contributed by atoms with Gasteiger partial charge in [-0.1, -0.05) is 36.4 Å². The molecule has 8 heteroatoms. The standard InChI is InChI=1S/C21H26N2O5S/c1-16-11-12-18(29(26,27)23(2)3)14-19(16)21(25)28-15-20(24)22-13-7-10-17-8-5-4-6-9-17/h4-6,8-9,11-12,14H,7,10,13,15H2,1-3H3,(H,22,24). The average Bonchev–Trinajstić information content (AvgIpc) is 2.70. The Bertz CT molecular complexity index is 956. The van der Waals surface area contributed by atoms with E-state index in [-0.39, 0.29) is 10.5 Å². The summed E-state index contributed by atoms with van der Waals surface area (Å²) in [5.74, 6) is -1.14. The number of benzene rings is 2. The van der Waals surface area contributed by atoms with E-state index in [1.807, 2.05) is 30.3 Å². The summed E-state index contributed by atoms with van der Waals surface area (Å²) in [7, 11) is -0.849. The smallest absolute Gasteiger partial charge is 0.338 e. The fraction of sp³-hybridized carbons (Fsp3) is 0.333. The number of ether oxygens (including phenoxy) is 1. The van der Waals surface area contributed by atoms with E-state index in [2.05, 4.69) is 5.32 Å². The van der Waals surface area contributed by atoms with Gasteiger partial charge in [0.2, 0.25) is 10.0 Å². The maximum atomic E-state index is 12.3. The largest absolute Gasteiger partial charge is 0.452 e. The summed E-state index contributed by atoms with van der Waals surface area (Å²) < 4.78 is 30.6. The number of aryl methyl sites for hydroxylation is 2. The van der Waals surface area contributed by atoms with Crippen molar-refractivity contribution in [3.8, 4) is 0 Å². The second-order valence-corrected chi connectivity index (χ2v) is 8.93. The SMILES string of the molecule is Cc1ccc(S(=O)(=O)N(C)C)cc1C(=O)OCC(=O)NCCCc1ccccc1. The molecule has 2 aromatic rings. The fourth-order valence-electron chi connectivity index (χ4n) is 2.62. The first-order valence-corrected chi connectivity index (χ1v) is 10.7. The average molecular weight is 419 g/mol. The van der Waals surface area contributed by atoms with Gasteiger partial charge in [0, 0.05) is 20.6 Å². The number of amides is 1. The molecule has 1 N–H and O–H groups in total. The van der Waals surface area contributed by atoms with Crippen LogP contribution in [0.2, 0.25) is 0 Å². The van der Waals surface area contributed by atoms with Crippen LogP contribution < -0.4 is 5.32 Å². The zero-order valence-corrected chi connectivity index (χ0v) is 17.7. The van der Waals surface area contributed by atoms with Gasteiger partial charge in [-0.25, -0.2) is 17.5 Å². The number of carbonyl (C=O) groups excluding carboxylic acids is 2. The first-order valence-electron chi connectivity index (χ1n) is 9.22. The number of rotatable bonds is 9. The topological polar surface area (TPSA) is 92.8 Å². The molecule has 0 saturated carbocycles. The van der Waals surface area contributed by atoms with E-state index in [0.717, 1.165) is 17.1 Å². The van der Waals surface area contributed by atoms with Gasteiger partial charge in [0.1, 0.15) is 0 Å². The van der Waals surface area contributed by atoms with Crippen LogP contribution in [0.3, 0.4) is 0 Å². The van der Waals surface area contributed by atoms with Crippen LogP contribution in [-0.4, -0.2) is 51.8 Å². The van der Waals surface area contributed by atoms with Gasteiger partial charge in [0.05, 0.1) is 10.5 Å². The summed E-state index contributed by atoms with van der Waals surface area (Å²) >= 11 is 0. The molecule has 0 atom stereocenters. The molecule has 1 amide bonds. The number of esters is 1. The third-order valence-corrected chi connectivity index (χ3v) is 6.16. The van der Waals surface area contributed by atoms with E-state index >= 15 is 0 Å². The van der Waals surface area contributed by atoms with Gasteiger partial charge in [0.25, 0.3) is 5.91 Å². The molecule has 0 aromatic heterocycles. The van der Waals surface area contributed by atoms with E-state index in [0.29, 0.717) is 12.1 Å². The Morgan fingerprint density at radius 3 is 2.41 bits per heavy atom. The number of sulfonamides is 1. The van der Waals surface area contributed by atoms with Crippen molar-refractivity contribution in [2.75, 3.05) is 27.2 Å². The zero-order valence-electron chi connectivity index (χ0n) is 16.8. The molecule has 29 heavy (non-hydrogen) atoms. The van der Waals surface area contributed by atoms with Crippen LogP contribution in [0.5, 0.6) is 0 Å². The number of carbonyl (C=O) groups is 2. The van der Waals surface area contributed by atoms with Crippen molar-refractivity contribution in [1.82, 2.24) is 9.62 Å². The van der Waals surface area contributed by atoms with Crippen molar-refractivity contribution in [1.29, 1.82) is 0 Å². The fourth-order valence-corrected chi connectivity index (χ4v) is 3.55. The first kappa shape index (κ1) is 22.6. The van der Waals surface area contributed by atoms with E-state index in [1.165, 1.54) is 37.9 Å². The van der Waals surface area contributed by atoms with Crippen molar-refractivity contribution in [3.05, 3.63) is 65.2 Å². The monoisotopic (exact) mass is 418 g/mol. The van der Waals surface area contributed by atoms with E-state index < -0.39 is 28.5 Å². The Kier molecular flexibility index (Phi) is 7.92. The highest BCUT2D eigenvalue weighted by molar-refractivity contribution is 7.89. The van der Waals surface area contributed by atoms with Crippen LogP contribution in [0.15, 0.2) is 53.4 Å². The summed E-state index contributed by atoms with van der Waals surface area (Å²) in [5.41, 5.74) is 1.87. The van der Waals surface area contributed by atoms with E-state index in [9.17, 15) is 18.0 Å². The quantitative estimate of drug-likeness (QED) is 0.498. The van der Waals surface area contributed by atoms with Crippen LogP contribution >= 0.6 is 0 Å². The molecule has 0 spiro atoms. The predicted octanol–water partition coefficient (Wildman–Crippen LogP) is 2.15. The molecular weight excluding hydrogens is 392 g/mol. The Labute approximate surface area is 171 Å². The molecule has 0 saturated heterocycles. The molecule has 2 aromatic carbocycles. The lowest BCUT2D eigenvalue weighted by Crippen LogP contribution is -2.30. The molecule has 0 fully saturated rings. The highest BCUT2D eigenvalue weighted by Gasteiger charge is 2.21. The maximum Gasteiger partial charge on any atom is 0.338 e. The van der Waals surface area contributed by atoms with Gasteiger partial charge < -0.3 is 10.1 Å². The number of nitrogens with one attached hydrogen (secondary N) is 1. The van der Waals surface area contributed by atoms with Crippen molar-refractivity contribution < 1.29 is 22.7 Å². The first-order chi connectivity index (χ1) is 13.7. The van der Waals surface area contributed by atoms with Crippen molar-refractivity contribution in [2.45, 2.75) is 24.7 Å². The number of hydrogen-bond donors (Lipinski definition) is 1. The molecule has 0 unspecified atom stereocenters. The van der Waals surface area contributed by atoms with E-state index in [1.54, 1.807) is 6.92 Å². The summed E-state index contributed by atoms with van der Waals surface area (Å²) in [4.78, 5) is 24.2. The minimum atomic E-state index is -3.67. The lowest BCUT2D eigenvalue weighted by atomic mass is 10.1. The Morgan fingerprint density at radius 1 is 1.07 bits per heavy atom. The number of hydrogen-bond acceptors (Lipinski definition) is 5. The lowest BCUT2D eigenvalue weighted by molar-refractivity contribution is -0.124. The van der Waals surface area contributed by atoms with Crippen molar-refractivity contribution >= 4 is 21.9 Å². The predicted molar refractivity (Wildman–Crippen MR) is 110 cm³/mol. The van der Waals surface area contributed by atoms with Crippen LogP contribution in [0.1, 0.15) is 27.9 Å². The third kappa shape index (κ3) is 6.40. The Morgan fingerprint density at radius 2 is 1.76 bits per heavy atom. The molecule has 0 bridgehead atoms. The van der Waals surface area contributed by atoms with Gasteiger partial charge in [0.15, 0.2) is 6.61 Å². The summed E-state index contributed by atoms with van der Waals surface area (Å²) in [6, 6.07) is 14.2. The minimum Gasteiger partial charge on any atom is -0.452 e. The summed E-state index contributed by atoms with van der Waals surface area (Å²) in [6.07, 6.45) is 1.61. The highest BCUT2D eigenvalue weighted by atomic mass is 32.2. The van der Waals surface area contributed by atoms with Gasteiger partial charge in [-0.2, -0.15) is 0 Å². The third-order valence-electron chi connectivity index (χ3n) is 4.35. The normalized spacial score (nSPS) is 11.3. The number of nitrogens with zero attached hydrogens (tertiary/aromatic N) is 1. The van der Waals surface area contributed by atoms with Gasteiger partial charge in [-0.15, -0.1) is 0 Å². The molecule has 0 aliphatic heterocycles. The minimum absolute atomic E-state index is 0.00888. The van der Waals surface area contributed by atoms with Crippen molar-refractivity contribution in [3.63, 3.8) is 0 Å². The Balaban J connectivity index is 1.86. The second-order valence-electron chi connectivity index (χ2n) is 6.78. The van der Waals surface area contributed by atoms with Crippen LogP contribution in [-0.2, 0) is 26.0 Å². The van der Waals surface area contributed by atoms with Crippen LogP contribution in [0, 0.1) is 6.92 Å². The molecule has 0 radical (unpaired) electrons. The molecular formula is C21H26N2O5S. The summed E-state index contributed by atoms with van der Waals surface area (Å²) in [5, 5.41) is 2.71. The van der Waals surface area contributed by atoms with Crippen molar-refractivity contribution in [2.24, 2.45) is 0 Å². The van der Waals surface area contributed by atoms with Gasteiger partial charge >= 0.3 is 5.97 Å². The van der Waals surface area contributed by atoms with Gasteiger partial charge in [-0.3, -0.25) is 4.79 Å². The second kappa shape index (κ2) is 10.2. The lowest BCUT2D eigenvalue weighted by Gasteiger charge is -2.13. The molecule has 156 valence electrons. The highest BCUT2D eigenvalue weighted by Crippen LogP contribution is 2.18. The van der Waals surface area contributed by atoms with Crippen LogP contribution in [0.4, 0.5) is 0 Å². The molecule has 2 rings (SSSR count). The molecule has 7 nitrogen and oxygen atoms in total. The summed E-state index contributed by atoms with van der Waals surface area (Å²) in [6.45, 7) is 1.72.